The highest BCUT2D eigenvalue weighted by Crippen LogP contribution is 2.29. The molecule has 4 atom stereocenters. The van der Waals surface area contributed by atoms with Crippen LogP contribution in [0.3, 0.4) is 0 Å². The summed E-state index contributed by atoms with van der Waals surface area (Å²) >= 11 is 0. The molecule has 3 heterocycles. The molecule has 0 radical (unpaired) electrons. The van der Waals surface area contributed by atoms with Gasteiger partial charge >= 0.3 is 0 Å². The number of methoxy groups -OCH3 is 1. The minimum Gasteiger partial charge on any atom is -0.486 e. The molecule has 3 fully saturated rings. The van der Waals surface area contributed by atoms with Gasteiger partial charge in [-0.1, -0.05) is 29.8 Å². The van der Waals surface area contributed by atoms with Gasteiger partial charge in [-0.25, -0.2) is 8.42 Å². The summed E-state index contributed by atoms with van der Waals surface area (Å²) in [4.78, 5) is 15.0. The molecule has 0 aromatic heterocycles. The van der Waals surface area contributed by atoms with Crippen LogP contribution in [-0.4, -0.2) is 81.2 Å². The zero-order chi connectivity index (χ0) is 25.4. The van der Waals surface area contributed by atoms with Gasteiger partial charge in [0.1, 0.15) is 18.0 Å². The number of carbonyl (C=O) groups excluding carboxylic acids is 1. The van der Waals surface area contributed by atoms with Gasteiger partial charge in [-0.3, -0.25) is 4.79 Å². The van der Waals surface area contributed by atoms with Gasteiger partial charge in [0.15, 0.2) is 0 Å². The van der Waals surface area contributed by atoms with E-state index in [1.54, 1.807) is 34.5 Å². The molecule has 0 saturated carbocycles. The molecule has 194 valence electrons. The van der Waals surface area contributed by atoms with Gasteiger partial charge in [0.05, 0.1) is 31.1 Å². The standard InChI is InChI=1S/C27H34N2O6S/c1-18-7-8-19(2)24(11-18)27(30)28-15-25(33-3)26(16-28)35-21-6-4-5-20(12-21)17-36(31,32)29-13-22-9-10-23(14-29)34-22/h4-8,11-12,22-23,25-26H,9-10,13-17H2,1-3H3/t22?,23?,25-,26-/m1/s1. The van der Waals surface area contributed by atoms with Crippen LogP contribution in [-0.2, 0) is 25.2 Å². The fourth-order valence-corrected chi connectivity index (χ4v) is 6.95. The molecule has 2 aromatic rings. The molecule has 2 aromatic carbocycles. The average Bonchev–Trinajstić information content (AvgIpc) is 3.41. The Morgan fingerprint density at radius 1 is 1.00 bits per heavy atom. The third kappa shape index (κ3) is 5.29. The maximum Gasteiger partial charge on any atom is 0.254 e. The highest BCUT2D eigenvalue weighted by molar-refractivity contribution is 7.88. The normalized spacial score (nSPS) is 26.4. The number of benzene rings is 2. The molecule has 3 saturated heterocycles. The molecule has 36 heavy (non-hydrogen) atoms. The average molecular weight is 515 g/mol. The van der Waals surface area contributed by atoms with Crippen molar-refractivity contribution in [2.45, 2.75) is 56.9 Å². The summed E-state index contributed by atoms with van der Waals surface area (Å²) in [6.07, 6.45) is 1.23. The molecule has 3 aliphatic rings. The maximum absolute atomic E-state index is 13.2. The van der Waals surface area contributed by atoms with Crippen molar-refractivity contribution in [2.75, 3.05) is 33.3 Å². The number of ether oxygens (including phenoxy) is 3. The number of amides is 1. The van der Waals surface area contributed by atoms with Crippen molar-refractivity contribution in [2.24, 2.45) is 0 Å². The lowest BCUT2D eigenvalue weighted by atomic mass is 10.0. The van der Waals surface area contributed by atoms with Gasteiger partial charge in [0, 0.05) is 25.8 Å². The first kappa shape index (κ1) is 25.2. The molecular formula is C27H34N2O6S. The van der Waals surface area contributed by atoms with Crippen molar-refractivity contribution < 1.29 is 27.4 Å². The zero-order valence-electron chi connectivity index (χ0n) is 21.1. The smallest absolute Gasteiger partial charge is 0.254 e. The summed E-state index contributed by atoms with van der Waals surface area (Å²) < 4.78 is 45.4. The van der Waals surface area contributed by atoms with E-state index in [2.05, 4.69) is 0 Å². The van der Waals surface area contributed by atoms with E-state index >= 15 is 0 Å². The fourth-order valence-electron chi connectivity index (χ4n) is 5.38. The number of fused-ring (bicyclic) bond motifs is 2. The number of nitrogens with zero attached hydrogens (tertiary/aromatic N) is 2. The lowest BCUT2D eigenvalue weighted by Crippen LogP contribution is -2.46. The molecule has 2 unspecified atom stereocenters. The quantitative estimate of drug-likeness (QED) is 0.565. The monoisotopic (exact) mass is 514 g/mol. The molecule has 0 N–H and O–H groups in total. The van der Waals surface area contributed by atoms with Crippen molar-refractivity contribution in [3.8, 4) is 5.75 Å². The molecule has 0 spiro atoms. The van der Waals surface area contributed by atoms with Crippen LogP contribution in [0.5, 0.6) is 5.75 Å². The summed E-state index contributed by atoms with van der Waals surface area (Å²) in [6, 6.07) is 13.1. The Hall–Kier alpha value is -2.46. The first-order chi connectivity index (χ1) is 17.2. The van der Waals surface area contributed by atoms with Gasteiger partial charge in [0.2, 0.25) is 10.0 Å². The van der Waals surface area contributed by atoms with Crippen molar-refractivity contribution >= 4 is 15.9 Å². The van der Waals surface area contributed by atoms with Crippen LogP contribution in [0.25, 0.3) is 0 Å². The van der Waals surface area contributed by atoms with E-state index in [-0.39, 0.29) is 36.1 Å². The lowest BCUT2D eigenvalue weighted by molar-refractivity contribution is -0.0115. The second-order valence-electron chi connectivity index (χ2n) is 10.1. The van der Waals surface area contributed by atoms with Crippen LogP contribution < -0.4 is 4.74 Å². The summed E-state index contributed by atoms with van der Waals surface area (Å²) in [5.41, 5.74) is 3.33. The molecule has 5 rings (SSSR count). The lowest BCUT2D eigenvalue weighted by Gasteiger charge is -2.31. The van der Waals surface area contributed by atoms with E-state index in [0.29, 0.717) is 43.1 Å². The predicted octanol–water partition coefficient (Wildman–Crippen LogP) is 2.91. The maximum atomic E-state index is 13.2. The Labute approximate surface area is 213 Å². The van der Waals surface area contributed by atoms with E-state index in [9.17, 15) is 13.2 Å². The van der Waals surface area contributed by atoms with Crippen LogP contribution in [0.1, 0.15) is 39.9 Å². The second-order valence-corrected chi connectivity index (χ2v) is 12.1. The predicted molar refractivity (Wildman–Crippen MR) is 136 cm³/mol. The Kier molecular flexibility index (Phi) is 7.09. The third-order valence-corrected chi connectivity index (χ3v) is 9.15. The molecule has 1 amide bonds. The van der Waals surface area contributed by atoms with E-state index in [4.69, 9.17) is 14.2 Å². The van der Waals surface area contributed by atoms with E-state index in [0.717, 1.165) is 24.0 Å². The second kappa shape index (κ2) is 10.1. The minimum atomic E-state index is -3.46. The van der Waals surface area contributed by atoms with Gasteiger partial charge < -0.3 is 19.1 Å². The number of hydrogen-bond acceptors (Lipinski definition) is 6. The van der Waals surface area contributed by atoms with Crippen LogP contribution in [0, 0.1) is 13.8 Å². The molecule has 3 aliphatic heterocycles. The summed E-state index contributed by atoms with van der Waals surface area (Å²) in [6.45, 7) is 5.59. The zero-order valence-corrected chi connectivity index (χ0v) is 21.9. The first-order valence-corrected chi connectivity index (χ1v) is 14.1. The first-order valence-electron chi connectivity index (χ1n) is 12.5. The van der Waals surface area contributed by atoms with Gasteiger partial charge in [-0.15, -0.1) is 0 Å². The third-order valence-electron chi connectivity index (χ3n) is 7.37. The van der Waals surface area contributed by atoms with Crippen molar-refractivity contribution in [3.63, 3.8) is 0 Å². The number of sulfonamides is 1. The Balaban J connectivity index is 1.26. The van der Waals surface area contributed by atoms with Crippen LogP contribution in [0.15, 0.2) is 42.5 Å². The van der Waals surface area contributed by atoms with Crippen molar-refractivity contribution in [1.29, 1.82) is 0 Å². The molecule has 2 bridgehead atoms. The number of rotatable bonds is 7. The number of hydrogen-bond donors (Lipinski definition) is 0. The van der Waals surface area contributed by atoms with E-state index in [1.165, 1.54) is 0 Å². The highest BCUT2D eigenvalue weighted by Gasteiger charge is 2.39. The van der Waals surface area contributed by atoms with E-state index in [1.807, 2.05) is 38.1 Å². The Morgan fingerprint density at radius 3 is 2.44 bits per heavy atom. The van der Waals surface area contributed by atoms with Gasteiger partial charge in [-0.2, -0.15) is 4.31 Å². The number of morpholine rings is 1. The van der Waals surface area contributed by atoms with Crippen LogP contribution >= 0.6 is 0 Å². The van der Waals surface area contributed by atoms with Crippen LogP contribution in [0.2, 0.25) is 0 Å². The Morgan fingerprint density at radius 2 is 1.72 bits per heavy atom. The van der Waals surface area contributed by atoms with E-state index < -0.39 is 10.0 Å². The van der Waals surface area contributed by atoms with Crippen molar-refractivity contribution in [3.05, 3.63) is 64.7 Å². The van der Waals surface area contributed by atoms with Gasteiger partial charge in [0.25, 0.3) is 5.91 Å². The summed E-state index contributed by atoms with van der Waals surface area (Å²) in [5, 5.41) is 0. The highest BCUT2D eigenvalue weighted by atomic mass is 32.2. The van der Waals surface area contributed by atoms with Crippen LogP contribution in [0.4, 0.5) is 0 Å². The minimum absolute atomic E-state index is 0.00998. The van der Waals surface area contributed by atoms with Gasteiger partial charge in [-0.05, 0) is 56.0 Å². The molecule has 8 nitrogen and oxygen atoms in total. The fraction of sp³-hybridized carbons (Fsp3) is 0.519. The van der Waals surface area contributed by atoms with Crippen molar-refractivity contribution in [1.82, 2.24) is 9.21 Å². The number of aryl methyl sites for hydroxylation is 2. The molecular weight excluding hydrogens is 480 g/mol. The molecule has 0 aliphatic carbocycles. The SMILES string of the molecule is CO[C@@H]1CN(C(=O)c2cc(C)ccc2C)C[C@H]1Oc1cccc(CS(=O)(=O)N2CC3CCC(C2)O3)c1. The number of carbonyl (C=O) groups is 1. The molecule has 9 heteroatoms. The summed E-state index contributed by atoms with van der Waals surface area (Å²) in [5.74, 6) is 0.445. The largest absolute Gasteiger partial charge is 0.486 e. The Bertz CT molecular complexity index is 1220. The number of likely N-dealkylation sites (tertiary alicyclic amines) is 1. The topological polar surface area (TPSA) is 85.4 Å². The summed E-state index contributed by atoms with van der Waals surface area (Å²) in [7, 11) is -1.84.